The van der Waals surface area contributed by atoms with E-state index in [9.17, 15) is 9.59 Å². The molecule has 2 aromatic carbocycles. The molecule has 0 spiro atoms. The Morgan fingerprint density at radius 2 is 2.00 bits per heavy atom. The minimum absolute atomic E-state index is 0.200. The summed E-state index contributed by atoms with van der Waals surface area (Å²) in [5.74, 6) is 1.29. The van der Waals surface area contributed by atoms with Crippen LogP contribution in [0.15, 0.2) is 45.6 Å². The molecular formula is C20H16ClNO6. The molecule has 0 saturated heterocycles. The molecular weight excluding hydrogens is 386 g/mol. The lowest BCUT2D eigenvalue weighted by atomic mass is 10.1. The van der Waals surface area contributed by atoms with Crippen molar-refractivity contribution in [2.45, 2.75) is 13.5 Å². The zero-order valence-corrected chi connectivity index (χ0v) is 15.7. The van der Waals surface area contributed by atoms with Gasteiger partial charge < -0.3 is 23.9 Å². The molecule has 2 heterocycles. The van der Waals surface area contributed by atoms with E-state index in [1.54, 1.807) is 19.1 Å². The number of halogens is 1. The van der Waals surface area contributed by atoms with Crippen LogP contribution < -0.4 is 25.2 Å². The molecule has 4 rings (SSSR count). The maximum atomic E-state index is 12.1. The first kappa shape index (κ1) is 18.2. The number of rotatable bonds is 5. The lowest BCUT2D eigenvalue weighted by Gasteiger charge is -2.10. The summed E-state index contributed by atoms with van der Waals surface area (Å²) in [4.78, 5) is 23.6. The van der Waals surface area contributed by atoms with Gasteiger partial charge in [0.05, 0.1) is 5.02 Å². The summed E-state index contributed by atoms with van der Waals surface area (Å²) in [6.07, 6.45) is 0. The van der Waals surface area contributed by atoms with Crippen LogP contribution in [0.1, 0.15) is 11.1 Å². The van der Waals surface area contributed by atoms with E-state index in [-0.39, 0.29) is 25.1 Å². The van der Waals surface area contributed by atoms with Crippen molar-refractivity contribution < 1.29 is 23.4 Å². The summed E-state index contributed by atoms with van der Waals surface area (Å²) in [7, 11) is 0. The van der Waals surface area contributed by atoms with E-state index in [0.717, 1.165) is 11.1 Å². The zero-order valence-electron chi connectivity index (χ0n) is 14.9. The predicted molar refractivity (Wildman–Crippen MR) is 102 cm³/mol. The van der Waals surface area contributed by atoms with Gasteiger partial charge in [-0.25, -0.2) is 4.79 Å². The SMILES string of the molecule is Cc1cc(=O)oc2cc(OCC(=O)NCc3ccc4c(c3)OCO4)c(Cl)cc12. The number of aryl methyl sites for hydroxylation is 1. The lowest BCUT2D eigenvalue weighted by molar-refractivity contribution is -0.123. The molecule has 0 unspecified atom stereocenters. The van der Waals surface area contributed by atoms with Crippen molar-refractivity contribution in [2.24, 2.45) is 0 Å². The van der Waals surface area contributed by atoms with E-state index in [2.05, 4.69) is 5.32 Å². The van der Waals surface area contributed by atoms with Crippen LogP contribution in [-0.2, 0) is 11.3 Å². The molecule has 1 amide bonds. The van der Waals surface area contributed by atoms with E-state index in [1.165, 1.54) is 12.1 Å². The molecule has 1 aromatic heterocycles. The number of hydrogen-bond acceptors (Lipinski definition) is 6. The smallest absolute Gasteiger partial charge is 0.336 e. The highest BCUT2D eigenvalue weighted by molar-refractivity contribution is 6.32. The predicted octanol–water partition coefficient (Wildman–Crippen LogP) is 3.18. The van der Waals surface area contributed by atoms with Crippen LogP contribution in [-0.4, -0.2) is 19.3 Å². The van der Waals surface area contributed by atoms with Crippen LogP contribution in [0.4, 0.5) is 0 Å². The molecule has 3 aromatic rings. The van der Waals surface area contributed by atoms with Crippen molar-refractivity contribution in [3.05, 3.63) is 63.0 Å². The van der Waals surface area contributed by atoms with Crippen molar-refractivity contribution >= 4 is 28.5 Å². The Kier molecular flexibility index (Phi) is 4.83. The van der Waals surface area contributed by atoms with Gasteiger partial charge in [0.1, 0.15) is 11.3 Å². The van der Waals surface area contributed by atoms with Gasteiger partial charge in [-0.1, -0.05) is 17.7 Å². The second-order valence-corrected chi connectivity index (χ2v) is 6.69. The summed E-state index contributed by atoms with van der Waals surface area (Å²) < 4.78 is 21.2. The number of carbonyl (C=O) groups is 1. The summed E-state index contributed by atoms with van der Waals surface area (Å²) in [5.41, 5.74) is 1.52. The molecule has 0 fully saturated rings. The van der Waals surface area contributed by atoms with Gasteiger partial charge in [-0.2, -0.15) is 0 Å². The average molecular weight is 402 g/mol. The van der Waals surface area contributed by atoms with Gasteiger partial charge in [0.15, 0.2) is 18.1 Å². The number of ether oxygens (including phenoxy) is 3. The van der Waals surface area contributed by atoms with Gasteiger partial charge in [-0.3, -0.25) is 4.79 Å². The molecule has 1 aliphatic rings. The van der Waals surface area contributed by atoms with Crippen LogP contribution in [0.5, 0.6) is 17.2 Å². The van der Waals surface area contributed by atoms with Gasteiger partial charge in [-0.15, -0.1) is 0 Å². The normalized spacial score (nSPS) is 12.2. The molecule has 8 heteroatoms. The van der Waals surface area contributed by atoms with E-state index in [1.807, 2.05) is 12.1 Å². The Bertz CT molecular complexity index is 1120. The first-order chi connectivity index (χ1) is 13.5. The summed E-state index contributed by atoms with van der Waals surface area (Å²) in [6, 6.07) is 10.0. The average Bonchev–Trinajstić information content (AvgIpc) is 3.13. The first-order valence-electron chi connectivity index (χ1n) is 8.51. The quantitative estimate of drug-likeness (QED) is 0.661. The number of benzene rings is 2. The molecule has 0 bridgehead atoms. The van der Waals surface area contributed by atoms with Gasteiger partial charge in [-0.05, 0) is 36.2 Å². The molecule has 1 aliphatic heterocycles. The summed E-state index contributed by atoms with van der Waals surface area (Å²) >= 11 is 6.22. The van der Waals surface area contributed by atoms with Gasteiger partial charge >= 0.3 is 5.63 Å². The van der Waals surface area contributed by atoms with Crippen molar-refractivity contribution in [3.63, 3.8) is 0 Å². The van der Waals surface area contributed by atoms with Crippen molar-refractivity contribution in [3.8, 4) is 17.2 Å². The highest BCUT2D eigenvalue weighted by Crippen LogP contribution is 2.32. The number of nitrogens with one attached hydrogen (secondary N) is 1. The van der Waals surface area contributed by atoms with Gasteiger partial charge in [0.25, 0.3) is 5.91 Å². The number of fused-ring (bicyclic) bond motifs is 2. The number of carbonyl (C=O) groups excluding carboxylic acids is 1. The second kappa shape index (κ2) is 7.44. The maximum Gasteiger partial charge on any atom is 0.336 e. The Labute approximate surface area is 164 Å². The van der Waals surface area contributed by atoms with Crippen LogP contribution in [0, 0.1) is 6.92 Å². The lowest BCUT2D eigenvalue weighted by Crippen LogP contribution is -2.28. The van der Waals surface area contributed by atoms with Gasteiger partial charge in [0, 0.05) is 24.1 Å². The fraction of sp³-hybridized carbons (Fsp3) is 0.200. The van der Waals surface area contributed by atoms with Crippen LogP contribution in [0.3, 0.4) is 0 Å². The van der Waals surface area contributed by atoms with E-state index >= 15 is 0 Å². The molecule has 0 saturated carbocycles. The highest BCUT2D eigenvalue weighted by atomic mass is 35.5. The topological polar surface area (TPSA) is 87.0 Å². The van der Waals surface area contributed by atoms with E-state index in [0.29, 0.717) is 34.0 Å². The Morgan fingerprint density at radius 3 is 2.86 bits per heavy atom. The maximum absolute atomic E-state index is 12.1. The standard InChI is InChI=1S/C20H16ClNO6/c1-11-4-20(24)28-16-7-17(14(21)6-13(11)16)25-9-19(23)22-8-12-2-3-15-18(5-12)27-10-26-15/h2-7H,8-10H2,1H3,(H,22,23). The summed E-state index contributed by atoms with van der Waals surface area (Å²) in [5, 5.41) is 3.80. The highest BCUT2D eigenvalue weighted by Gasteiger charge is 2.14. The number of amides is 1. The Hall–Kier alpha value is -3.19. The third-order valence-electron chi connectivity index (χ3n) is 4.29. The second-order valence-electron chi connectivity index (χ2n) is 6.28. The third kappa shape index (κ3) is 3.75. The van der Waals surface area contributed by atoms with E-state index in [4.69, 9.17) is 30.2 Å². The van der Waals surface area contributed by atoms with Crippen molar-refractivity contribution in [1.82, 2.24) is 5.32 Å². The molecule has 0 radical (unpaired) electrons. The van der Waals surface area contributed by atoms with Crippen molar-refractivity contribution in [2.75, 3.05) is 13.4 Å². The van der Waals surface area contributed by atoms with Crippen LogP contribution in [0.2, 0.25) is 5.02 Å². The van der Waals surface area contributed by atoms with Crippen LogP contribution in [0.25, 0.3) is 11.0 Å². The monoisotopic (exact) mass is 401 g/mol. The third-order valence-corrected chi connectivity index (χ3v) is 4.58. The zero-order chi connectivity index (χ0) is 19.7. The molecule has 0 atom stereocenters. The van der Waals surface area contributed by atoms with Crippen molar-refractivity contribution in [1.29, 1.82) is 0 Å². The minimum Gasteiger partial charge on any atom is -0.482 e. The molecule has 0 aliphatic carbocycles. The molecule has 7 nitrogen and oxygen atoms in total. The molecule has 28 heavy (non-hydrogen) atoms. The molecule has 144 valence electrons. The molecule has 1 N–H and O–H groups in total. The Morgan fingerprint density at radius 1 is 1.18 bits per heavy atom. The van der Waals surface area contributed by atoms with Crippen LogP contribution >= 0.6 is 11.6 Å². The largest absolute Gasteiger partial charge is 0.482 e. The van der Waals surface area contributed by atoms with Gasteiger partial charge in [0.2, 0.25) is 6.79 Å². The fourth-order valence-electron chi connectivity index (χ4n) is 2.88. The van der Waals surface area contributed by atoms with E-state index < -0.39 is 5.63 Å². The Balaban J connectivity index is 1.39. The summed E-state index contributed by atoms with van der Waals surface area (Å²) in [6.45, 7) is 2.08. The fourth-order valence-corrected chi connectivity index (χ4v) is 3.09. The number of hydrogen-bond donors (Lipinski definition) is 1. The minimum atomic E-state index is -0.459. The first-order valence-corrected chi connectivity index (χ1v) is 8.89.